The number of alkyl halides is 3. The lowest BCUT2D eigenvalue weighted by Crippen LogP contribution is -2.53. The molecule has 0 saturated heterocycles. The molecule has 1 heterocycles. The smallest absolute Gasteiger partial charge is 0.416 e. The molecule has 1 aliphatic rings. The number of hydrogen-bond acceptors (Lipinski definition) is 6. The van der Waals surface area contributed by atoms with E-state index in [1.807, 2.05) is 0 Å². The van der Waals surface area contributed by atoms with Gasteiger partial charge in [-0.25, -0.2) is 9.59 Å². The fraction of sp³-hybridized carbons (Fsp3) is 0.370. The topological polar surface area (TPSA) is 102 Å². The molecule has 8 nitrogen and oxygen atoms in total. The molecule has 3 rings (SSSR count). The maximum absolute atomic E-state index is 13.9. The molecule has 2 aromatic carbocycles. The van der Waals surface area contributed by atoms with E-state index in [1.165, 1.54) is 13.0 Å². The highest BCUT2D eigenvalue weighted by Crippen LogP contribution is 2.41. The number of nitrogen functional groups attached to an aromatic ring is 1. The standard InChI is InChI=1S/C27H30F3N3O5/c1-6-37-24(35)22-16(2)33(20-9-7-8-18(14-20)27(28,29)30)25(36)32(15-21(34)38-26(3,4)5)23(22)17-10-12-19(31)13-11-17/h7-14,23H,6,15,31H2,1-5H3/t23-/m1/s1. The van der Waals surface area contributed by atoms with Crippen molar-refractivity contribution in [1.82, 2.24) is 4.90 Å². The summed E-state index contributed by atoms with van der Waals surface area (Å²) in [5.41, 5.74) is 4.77. The van der Waals surface area contributed by atoms with Crippen LogP contribution in [0.5, 0.6) is 0 Å². The summed E-state index contributed by atoms with van der Waals surface area (Å²) in [5, 5.41) is 0. The predicted octanol–water partition coefficient (Wildman–Crippen LogP) is 5.45. The molecule has 0 fully saturated rings. The van der Waals surface area contributed by atoms with Gasteiger partial charge in [-0.3, -0.25) is 9.69 Å². The minimum absolute atomic E-state index is 0.00758. The first-order chi connectivity index (χ1) is 17.6. The minimum atomic E-state index is -4.67. The van der Waals surface area contributed by atoms with Crippen LogP contribution in [0, 0.1) is 0 Å². The van der Waals surface area contributed by atoms with Crippen LogP contribution in [0.3, 0.4) is 0 Å². The molecule has 38 heavy (non-hydrogen) atoms. The van der Waals surface area contributed by atoms with Gasteiger partial charge in [-0.2, -0.15) is 13.2 Å². The fourth-order valence-electron chi connectivity index (χ4n) is 4.15. The average Bonchev–Trinajstić information content (AvgIpc) is 2.80. The highest BCUT2D eigenvalue weighted by atomic mass is 19.4. The van der Waals surface area contributed by atoms with Crippen LogP contribution in [0.15, 0.2) is 59.8 Å². The molecule has 0 unspecified atom stereocenters. The van der Waals surface area contributed by atoms with Gasteiger partial charge in [0.05, 0.1) is 29.5 Å². The second kappa shape index (κ2) is 10.8. The first kappa shape index (κ1) is 28.5. The van der Waals surface area contributed by atoms with E-state index in [-0.39, 0.29) is 23.6 Å². The van der Waals surface area contributed by atoms with Gasteiger partial charge in [-0.15, -0.1) is 0 Å². The van der Waals surface area contributed by atoms with Crippen LogP contribution in [-0.2, 0) is 25.2 Å². The Hall–Kier alpha value is -4.02. The third-order valence-corrected chi connectivity index (χ3v) is 5.65. The fourth-order valence-corrected chi connectivity index (χ4v) is 4.15. The average molecular weight is 534 g/mol. The van der Waals surface area contributed by atoms with Crippen molar-refractivity contribution in [2.75, 3.05) is 23.8 Å². The number of rotatable bonds is 6. The monoisotopic (exact) mass is 533 g/mol. The lowest BCUT2D eigenvalue weighted by Gasteiger charge is -2.42. The number of carbonyl (C=O) groups is 3. The molecule has 2 aromatic rings. The van der Waals surface area contributed by atoms with Crippen molar-refractivity contribution >= 4 is 29.3 Å². The van der Waals surface area contributed by atoms with Crippen LogP contribution in [0.4, 0.5) is 29.3 Å². The first-order valence-corrected chi connectivity index (χ1v) is 11.9. The van der Waals surface area contributed by atoms with Crippen molar-refractivity contribution in [3.8, 4) is 0 Å². The number of urea groups is 1. The van der Waals surface area contributed by atoms with Crippen molar-refractivity contribution in [2.45, 2.75) is 52.4 Å². The number of anilines is 2. The van der Waals surface area contributed by atoms with Crippen molar-refractivity contribution in [1.29, 1.82) is 0 Å². The van der Waals surface area contributed by atoms with Crippen LogP contribution >= 0.6 is 0 Å². The zero-order valence-corrected chi connectivity index (χ0v) is 21.8. The Balaban J connectivity index is 2.26. The SMILES string of the molecule is CCOC(=O)C1=C(C)N(c2cccc(C(F)(F)F)c2)C(=O)N(CC(=O)OC(C)(C)C)[C@@H]1c1ccc(N)cc1. The van der Waals surface area contributed by atoms with E-state index in [0.717, 1.165) is 28.0 Å². The molecule has 1 aliphatic heterocycles. The lowest BCUT2D eigenvalue weighted by molar-refractivity contribution is -0.156. The molecule has 11 heteroatoms. The van der Waals surface area contributed by atoms with Crippen LogP contribution in [-0.4, -0.2) is 41.6 Å². The van der Waals surface area contributed by atoms with Gasteiger partial charge < -0.3 is 20.1 Å². The van der Waals surface area contributed by atoms with Crippen LogP contribution < -0.4 is 10.6 Å². The van der Waals surface area contributed by atoms with Crippen molar-refractivity contribution in [2.24, 2.45) is 0 Å². The Morgan fingerprint density at radius 3 is 2.24 bits per heavy atom. The number of nitrogens with two attached hydrogens (primary N) is 1. The van der Waals surface area contributed by atoms with Gasteiger partial charge in [0.2, 0.25) is 0 Å². The number of nitrogens with zero attached hydrogens (tertiary/aromatic N) is 2. The summed E-state index contributed by atoms with van der Waals surface area (Å²) in [7, 11) is 0. The Bertz CT molecular complexity index is 1250. The molecule has 1 atom stereocenters. The zero-order chi connectivity index (χ0) is 28.4. The number of amides is 2. The molecule has 0 saturated carbocycles. The Morgan fingerprint density at radius 2 is 1.68 bits per heavy atom. The molecule has 2 N–H and O–H groups in total. The molecule has 0 aromatic heterocycles. The van der Waals surface area contributed by atoms with Gasteiger partial charge in [-0.1, -0.05) is 18.2 Å². The van der Waals surface area contributed by atoms with E-state index in [0.29, 0.717) is 11.3 Å². The third kappa shape index (κ3) is 6.27. The normalized spacial score (nSPS) is 16.5. The highest BCUT2D eigenvalue weighted by Gasteiger charge is 2.44. The number of halogens is 3. The number of ether oxygens (including phenoxy) is 2. The van der Waals surface area contributed by atoms with E-state index in [9.17, 15) is 27.6 Å². The molecule has 2 amide bonds. The van der Waals surface area contributed by atoms with Crippen molar-refractivity contribution in [3.63, 3.8) is 0 Å². The lowest BCUT2D eigenvalue weighted by atomic mass is 9.92. The Morgan fingerprint density at radius 1 is 1.05 bits per heavy atom. The Labute approximate surface area is 218 Å². The summed E-state index contributed by atoms with van der Waals surface area (Å²) in [4.78, 5) is 42.1. The number of esters is 2. The Kier molecular flexibility index (Phi) is 8.09. The maximum atomic E-state index is 13.9. The second-order valence-corrected chi connectivity index (χ2v) is 9.67. The van der Waals surface area contributed by atoms with E-state index in [4.69, 9.17) is 15.2 Å². The van der Waals surface area contributed by atoms with E-state index >= 15 is 0 Å². The second-order valence-electron chi connectivity index (χ2n) is 9.67. The van der Waals surface area contributed by atoms with Crippen LogP contribution in [0.25, 0.3) is 0 Å². The molecule has 0 spiro atoms. The van der Waals surface area contributed by atoms with E-state index < -0.39 is 47.9 Å². The summed E-state index contributed by atoms with van der Waals surface area (Å²) in [6, 6.07) is 8.58. The highest BCUT2D eigenvalue weighted by molar-refractivity contribution is 6.04. The molecule has 204 valence electrons. The first-order valence-electron chi connectivity index (χ1n) is 11.9. The molecule has 0 bridgehead atoms. The summed E-state index contributed by atoms with van der Waals surface area (Å²) < 4.78 is 51.1. The van der Waals surface area contributed by atoms with Gasteiger partial charge >= 0.3 is 24.1 Å². The quantitative estimate of drug-likeness (QED) is 0.391. The number of hydrogen-bond donors (Lipinski definition) is 1. The summed E-state index contributed by atoms with van der Waals surface area (Å²) in [6.07, 6.45) is -4.67. The van der Waals surface area contributed by atoms with Crippen LogP contribution in [0.1, 0.15) is 51.8 Å². The van der Waals surface area contributed by atoms with Gasteiger partial charge in [0, 0.05) is 11.4 Å². The zero-order valence-electron chi connectivity index (χ0n) is 21.8. The summed E-state index contributed by atoms with van der Waals surface area (Å²) >= 11 is 0. The van der Waals surface area contributed by atoms with Crippen LogP contribution in [0.2, 0.25) is 0 Å². The molecule has 0 radical (unpaired) electrons. The largest absolute Gasteiger partial charge is 0.463 e. The van der Waals surface area contributed by atoms with Gasteiger partial charge in [0.1, 0.15) is 12.1 Å². The number of allylic oxidation sites excluding steroid dienone is 1. The summed E-state index contributed by atoms with van der Waals surface area (Å²) in [6.45, 7) is 7.43. The molecular formula is C27H30F3N3O5. The minimum Gasteiger partial charge on any atom is -0.463 e. The van der Waals surface area contributed by atoms with Gasteiger partial charge in [-0.05, 0) is 70.5 Å². The molecule has 0 aliphatic carbocycles. The van der Waals surface area contributed by atoms with E-state index in [1.54, 1.807) is 52.0 Å². The van der Waals surface area contributed by atoms with Gasteiger partial charge in [0.25, 0.3) is 0 Å². The third-order valence-electron chi connectivity index (χ3n) is 5.65. The summed E-state index contributed by atoms with van der Waals surface area (Å²) in [5.74, 6) is -1.55. The van der Waals surface area contributed by atoms with Crippen molar-refractivity contribution in [3.05, 3.63) is 70.9 Å². The molecular weight excluding hydrogens is 503 g/mol. The van der Waals surface area contributed by atoms with Crippen molar-refractivity contribution < 1.29 is 37.0 Å². The van der Waals surface area contributed by atoms with Gasteiger partial charge in [0.15, 0.2) is 0 Å². The van der Waals surface area contributed by atoms with E-state index in [2.05, 4.69) is 0 Å². The number of benzene rings is 2. The predicted molar refractivity (Wildman–Crippen MR) is 135 cm³/mol. The number of carbonyl (C=O) groups excluding carboxylic acids is 3. The maximum Gasteiger partial charge on any atom is 0.416 e.